The van der Waals surface area contributed by atoms with Gasteiger partial charge < -0.3 is 27.1 Å². The van der Waals surface area contributed by atoms with Crippen LogP contribution in [-0.2, 0) is 4.79 Å². The van der Waals surface area contributed by atoms with E-state index in [0.29, 0.717) is 12.5 Å². The van der Waals surface area contributed by atoms with Gasteiger partial charge in [-0.05, 0) is 18.9 Å². The lowest BCUT2D eigenvalue weighted by Crippen LogP contribution is -3.00. The summed E-state index contributed by atoms with van der Waals surface area (Å²) >= 11 is 0. The second-order valence-corrected chi connectivity index (χ2v) is 7.51. The molecule has 4 nitrogen and oxygen atoms in total. The van der Waals surface area contributed by atoms with Crippen LogP contribution in [0.25, 0.3) is 21.8 Å². The minimum Gasteiger partial charge on any atom is -1.00 e. The van der Waals surface area contributed by atoms with E-state index in [1.165, 1.54) is 47.5 Å². The first-order valence-electron chi connectivity index (χ1n) is 10.3. The second kappa shape index (κ2) is 11.2. The monoisotopic (exact) mass is 446 g/mol. The second-order valence-electron chi connectivity index (χ2n) is 7.51. The molecule has 1 aromatic carbocycles. The van der Waals surface area contributed by atoms with Crippen LogP contribution in [0.15, 0.2) is 42.7 Å². The number of aromatic amines is 1. The lowest BCUT2D eigenvalue weighted by atomic mass is 10.0. The average molecular weight is 447 g/mol. The van der Waals surface area contributed by atoms with Crippen LogP contribution < -0.4 is 21.5 Å². The fourth-order valence-corrected chi connectivity index (χ4v) is 3.97. The molecule has 0 saturated carbocycles. The number of carboxylic acids is 1. The van der Waals surface area contributed by atoms with Crippen molar-refractivity contribution < 1.29 is 31.4 Å². The largest absolute Gasteiger partial charge is 1.00 e. The Balaban J connectivity index is 0.00000280. The van der Waals surface area contributed by atoms with Gasteiger partial charge in [0.15, 0.2) is 18.4 Å². The molecule has 2 aromatic heterocycles. The van der Waals surface area contributed by atoms with Crippen molar-refractivity contribution in [2.45, 2.75) is 70.8 Å². The van der Waals surface area contributed by atoms with E-state index in [9.17, 15) is 4.79 Å². The van der Waals surface area contributed by atoms with Gasteiger partial charge in [0.1, 0.15) is 5.52 Å². The topological polar surface area (TPSA) is 57.0 Å². The Kier molecular flexibility index (Phi) is 8.97. The van der Waals surface area contributed by atoms with E-state index in [-0.39, 0.29) is 17.0 Å². The van der Waals surface area contributed by atoms with Crippen molar-refractivity contribution in [3.05, 3.63) is 42.7 Å². The molecule has 0 bridgehead atoms. The molecule has 5 heteroatoms. The van der Waals surface area contributed by atoms with Crippen molar-refractivity contribution in [3.63, 3.8) is 0 Å². The van der Waals surface area contributed by atoms with Crippen LogP contribution in [0.4, 0.5) is 0 Å². The number of pyridine rings is 1. The van der Waals surface area contributed by atoms with Crippen LogP contribution >= 0.6 is 0 Å². The number of aromatic nitrogens is 2. The van der Waals surface area contributed by atoms with E-state index in [1.807, 2.05) is 0 Å². The molecule has 0 spiro atoms. The number of carboxylic acid groups (broad SMARTS) is 1. The number of H-pyrrole nitrogens is 1. The van der Waals surface area contributed by atoms with Crippen molar-refractivity contribution in [1.29, 1.82) is 0 Å². The summed E-state index contributed by atoms with van der Waals surface area (Å²) in [6, 6.07) is 11.2. The molecule has 1 atom stereocenters. The number of carbonyl (C=O) groups is 1. The van der Waals surface area contributed by atoms with Crippen LogP contribution in [0.3, 0.4) is 0 Å². The third kappa shape index (κ3) is 5.81. The maximum absolute atomic E-state index is 10.5. The number of rotatable bonds is 11. The minimum atomic E-state index is -0.676. The van der Waals surface area contributed by atoms with E-state index in [4.69, 9.17) is 5.11 Å². The molecule has 0 aliphatic carbocycles. The summed E-state index contributed by atoms with van der Waals surface area (Å²) in [4.78, 5) is 14.0. The zero-order valence-electron chi connectivity index (χ0n) is 16.7. The smallest absolute Gasteiger partial charge is 0.303 e. The number of benzene rings is 1. The van der Waals surface area contributed by atoms with Crippen molar-refractivity contribution in [1.82, 2.24) is 4.98 Å². The van der Waals surface area contributed by atoms with Gasteiger partial charge in [0.05, 0.1) is 0 Å². The summed E-state index contributed by atoms with van der Waals surface area (Å²) in [5.41, 5.74) is 2.40. The predicted molar refractivity (Wildman–Crippen MR) is 110 cm³/mol. The summed E-state index contributed by atoms with van der Waals surface area (Å²) in [5, 5.41) is 11.2. The number of para-hydroxylation sites is 1. The number of fused-ring (bicyclic) bond motifs is 3. The number of aliphatic carboxylic acids is 1. The molecule has 152 valence electrons. The van der Waals surface area contributed by atoms with E-state index in [0.717, 1.165) is 25.7 Å². The van der Waals surface area contributed by atoms with Crippen molar-refractivity contribution in [2.24, 2.45) is 0 Å². The van der Waals surface area contributed by atoms with Gasteiger partial charge in [-0.1, -0.05) is 50.8 Å². The normalized spacial score (nSPS) is 12.2. The van der Waals surface area contributed by atoms with E-state index in [1.54, 1.807) is 0 Å². The predicted octanol–water partition coefficient (Wildman–Crippen LogP) is 2.77. The zero-order chi connectivity index (χ0) is 19.1. The molecule has 2 N–H and O–H groups in total. The molecule has 3 rings (SSSR count). The Morgan fingerprint density at radius 3 is 2.43 bits per heavy atom. The molecule has 0 fully saturated rings. The fraction of sp³-hybridized carbons (Fsp3) is 0.478. The minimum absolute atomic E-state index is 0. The van der Waals surface area contributed by atoms with Crippen LogP contribution in [0, 0.1) is 0 Å². The van der Waals surface area contributed by atoms with Gasteiger partial charge in [-0.25, -0.2) is 4.57 Å². The Bertz CT molecular complexity index is 891. The van der Waals surface area contributed by atoms with Gasteiger partial charge in [0.2, 0.25) is 0 Å². The fourth-order valence-electron chi connectivity index (χ4n) is 3.97. The number of halogens is 1. The molecule has 3 aromatic rings. The lowest BCUT2D eigenvalue weighted by molar-refractivity contribution is -0.723. The number of hydrogen-bond donors (Lipinski definition) is 2. The van der Waals surface area contributed by atoms with Crippen LogP contribution in [-0.4, -0.2) is 16.1 Å². The van der Waals surface area contributed by atoms with Gasteiger partial charge in [0.25, 0.3) is 0 Å². The van der Waals surface area contributed by atoms with E-state index in [2.05, 4.69) is 59.2 Å². The Morgan fingerprint density at radius 1 is 1.00 bits per heavy atom. The van der Waals surface area contributed by atoms with Gasteiger partial charge >= 0.3 is 5.97 Å². The number of unbranched alkanes of at least 4 members (excludes halogenated alkanes) is 5. The third-order valence-corrected chi connectivity index (χ3v) is 5.54. The number of nitrogens with one attached hydrogen (secondary N) is 1. The highest BCUT2D eigenvalue weighted by atomic mass is 79.9. The highest BCUT2D eigenvalue weighted by Gasteiger charge is 2.17. The molecular formula is C23H31BrN2O2. The molecule has 28 heavy (non-hydrogen) atoms. The van der Waals surface area contributed by atoms with Crippen molar-refractivity contribution >= 4 is 27.8 Å². The Morgan fingerprint density at radius 2 is 1.68 bits per heavy atom. The van der Waals surface area contributed by atoms with Crippen molar-refractivity contribution in [3.8, 4) is 0 Å². The summed E-state index contributed by atoms with van der Waals surface area (Å²) in [6.45, 7) is 2.26. The summed E-state index contributed by atoms with van der Waals surface area (Å²) < 4.78 is 2.37. The molecule has 2 heterocycles. The molecule has 0 radical (unpaired) electrons. The van der Waals surface area contributed by atoms with Crippen LogP contribution in [0.5, 0.6) is 0 Å². The molecule has 0 saturated heterocycles. The molecule has 0 aliphatic rings. The molecular weight excluding hydrogens is 416 g/mol. The van der Waals surface area contributed by atoms with E-state index >= 15 is 0 Å². The highest BCUT2D eigenvalue weighted by Crippen LogP contribution is 2.24. The van der Waals surface area contributed by atoms with Crippen LogP contribution in [0.2, 0.25) is 0 Å². The van der Waals surface area contributed by atoms with Gasteiger partial charge in [-0.3, -0.25) is 4.79 Å². The summed E-state index contributed by atoms with van der Waals surface area (Å²) in [7, 11) is 0. The number of nitrogens with zero attached hydrogens (tertiary/aromatic N) is 1. The quantitative estimate of drug-likeness (QED) is 0.351. The molecule has 0 amide bonds. The highest BCUT2D eigenvalue weighted by molar-refractivity contribution is 6.06. The first-order chi connectivity index (χ1) is 13.2. The average Bonchev–Trinajstić information content (AvgIpc) is 3.04. The maximum Gasteiger partial charge on any atom is 0.303 e. The zero-order valence-corrected chi connectivity index (χ0v) is 18.2. The first kappa shape index (κ1) is 22.4. The maximum atomic E-state index is 10.5. The summed E-state index contributed by atoms with van der Waals surface area (Å²) in [6.07, 6.45) is 13.8. The Hall–Kier alpha value is -1.88. The van der Waals surface area contributed by atoms with E-state index < -0.39 is 5.97 Å². The van der Waals surface area contributed by atoms with Gasteiger partial charge in [-0.15, -0.1) is 0 Å². The van der Waals surface area contributed by atoms with Gasteiger partial charge in [-0.2, -0.15) is 0 Å². The Labute approximate surface area is 177 Å². The number of hydrogen-bond acceptors (Lipinski definition) is 1. The van der Waals surface area contributed by atoms with Crippen LogP contribution in [0.1, 0.15) is 70.8 Å². The molecule has 1 unspecified atom stereocenters. The lowest BCUT2D eigenvalue weighted by Gasteiger charge is -2.10. The summed E-state index contributed by atoms with van der Waals surface area (Å²) in [5.74, 6) is -0.676. The molecule has 0 aliphatic heterocycles. The van der Waals surface area contributed by atoms with Crippen molar-refractivity contribution in [2.75, 3.05) is 0 Å². The van der Waals surface area contributed by atoms with Gasteiger partial charge in [0, 0.05) is 41.6 Å². The standard InChI is InChI=1S/C23H30N2O2.BrH/c1-2-18(11-7-5-3-4-6-8-14-23(26)27)25-16-15-20-19-12-9-10-13-21(19)24-22(20)17-25;/h9-10,12-13,15-18H,2-8,11,14H2,1H3,(H,26,27);1H. The SMILES string of the molecule is CCC(CCCCCCCCC(=O)O)[n+]1ccc2c(c1)[nH]c1ccccc12.[Br-]. The third-order valence-electron chi connectivity index (χ3n) is 5.54. The first-order valence-corrected chi connectivity index (χ1v) is 10.3.